The SMILES string of the molecule is CCCCCCCCOc1ccc(/C(S)=C(\S)c2ccc(OCCCCCCCC)c(OCCCCCCCC)c2)cc1OCCCCCCCC. The van der Waals surface area contributed by atoms with Crippen LogP contribution in [0.3, 0.4) is 0 Å². The summed E-state index contributed by atoms with van der Waals surface area (Å²) >= 11 is 10.0. The Labute approximate surface area is 331 Å². The maximum Gasteiger partial charge on any atom is 0.161 e. The van der Waals surface area contributed by atoms with Gasteiger partial charge in [0.15, 0.2) is 23.0 Å². The summed E-state index contributed by atoms with van der Waals surface area (Å²) in [5, 5.41) is 0. The van der Waals surface area contributed by atoms with Gasteiger partial charge in [-0.3, -0.25) is 0 Å². The van der Waals surface area contributed by atoms with Crippen LogP contribution in [-0.4, -0.2) is 26.4 Å². The van der Waals surface area contributed by atoms with Crippen LogP contribution in [0.2, 0.25) is 0 Å². The van der Waals surface area contributed by atoms with Crippen LogP contribution in [-0.2, 0) is 0 Å². The normalized spacial score (nSPS) is 11.8. The van der Waals surface area contributed by atoms with E-state index in [1.54, 1.807) is 0 Å². The van der Waals surface area contributed by atoms with Crippen LogP contribution in [0.5, 0.6) is 23.0 Å². The number of hydrogen-bond acceptors (Lipinski definition) is 6. The van der Waals surface area contributed by atoms with Crippen molar-refractivity contribution >= 4 is 35.1 Å². The Hall–Kier alpha value is -1.92. The molecule has 0 aliphatic heterocycles. The van der Waals surface area contributed by atoms with Crippen molar-refractivity contribution in [1.29, 1.82) is 0 Å². The zero-order valence-electron chi connectivity index (χ0n) is 33.8. The molecule has 2 aromatic rings. The van der Waals surface area contributed by atoms with Crippen molar-refractivity contribution in [3.05, 3.63) is 47.5 Å². The molecule has 0 amide bonds. The molecule has 0 atom stereocenters. The molecule has 0 aliphatic rings. The molecule has 296 valence electrons. The molecule has 0 bridgehead atoms. The molecule has 0 radical (unpaired) electrons. The first kappa shape index (κ1) is 46.2. The summed E-state index contributed by atoms with van der Waals surface area (Å²) in [5.41, 5.74) is 1.91. The molecule has 2 rings (SSSR count). The van der Waals surface area contributed by atoms with Crippen molar-refractivity contribution in [3.8, 4) is 23.0 Å². The van der Waals surface area contributed by atoms with Gasteiger partial charge >= 0.3 is 0 Å². The van der Waals surface area contributed by atoms with E-state index in [1.165, 1.54) is 128 Å². The number of unbranched alkanes of at least 4 members (excludes halogenated alkanes) is 20. The quantitative estimate of drug-likeness (QED) is 0.0424. The van der Waals surface area contributed by atoms with Crippen molar-refractivity contribution in [2.24, 2.45) is 0 Å². The molecule has 2 aromatic carbocycles. The topological polar surface area (TPSA) is 36.9 Å². The highest BCUT2D eigenvalue weighted by Crippen LogP contribution is 2.39. The summed E-state index contributed by atoms with van der Waals surface area (Å²) in [7, 11) is 0. The van der Waals surface area contributed by atoms with E-state index in [2.05, 4.69) is 52.0 Å². The van der Waals surface area contributed by atoms with Gasteiger partial charge in [0.2, 0.25) is 0 Å². The van der Waals surface area contributed by atoms with Crippen LogP contribution < -0.4 is 18.9 Å². The Morgan fingerprint density at radius 3 is 0.885 bits per heavy atom. The van der Waals surface area contributed by atoms with E-state index in [1.807, 2.05) is 12.1 Å². The van der Waals surface area contributed by atoms with Gasteiger partial charge in [0, 0.05) is 9.81 Å². The fourth-order valence-corrected chi connectivity index (χ4v) is 6.84. The monoisotopic (exact) mass is 757 g/mol. The Morgan fingerprint density at radius 2 is 0.596 bits per heavy atom. The lowest BCUT2D eigenvalue weighted by Crippen LogP contribution is -2.04. The molecule has 0 N–H and O–H groups in total. The predicted octanol–water partition coefficient (Wildman–Crippen LogP) is 15.3. The minimum Gasteiger partial charge on any atom is -0.490 e. The minimum absolute atomic E-state index is 0.682. The molecule has 0 spiro atoms. The zero-order chi connectivity index (χ0) is 37.5. The standard InChI is InChI=1S/C46H76O4S2/c1-5-9-13-17-21-25-33-47-41-31-29-39(37-43(41)49-35-27-23-19-15-11-7-3)45(51)46(52)40-30-32-42(48-34-26-22-18-14-10-6-2)44(38-40)50-36-28-24-20-16-12-8-4/h29-32,37-38,51-52H,5-28,33-36H2,1-4H3/b46-45+. The summed E-state index contributed by atoms with van der Waals surface area (Å²) in [5.74, 6) is 3.18. The van der Waals surface area contributed by atoms with Crippen LogP contribution in [0.4, 0.5) is 0 Å². The first-order valence-corrected chi connectivity index (χ1v) is 22.4. The van der Waals surface area contributed by atoms with Crippen molar-refractivity contribution in [3.63, 3.8) is 0 Å². The van der Waals surface area contributed by atoms with Gasteiger partial charge in [0.25, 0.3) is 0 Å². The first-order chi connectivity index (χ1) is 25.5. The Balaban J connectivity index is 2.19. The minimum atomic E-state index is 0.682. The van der Waals surface area contributed by atoms with Crippen molar-refractivity contribution < 1.29 is 18.9 Å². The average Bonchev–Trinajstić information content (AvgIpc) is 3.16. The zero-order valence-corrected chi connectivity index (χ0v) is 35.6. The van der Waals surface area contributed by atoms with Gasteiger partial charge in [0.1, 0.15) is 0 Å². The van der Waals surface area contributed by atoms with E-state index in [4.69, 9.17) is 44.2 Å². The predicted molar refractivity (Wildman–Crippen MR) is 233 cm³/mol. The van der Waals surface area contributed by atoms with Gasteiger partial charge in [-0.25, -0.2) is 0 Å². The summed E-state index contributed by atoms with van der Waals surface area (Å²) in [6, 6.07) is 12.4. The van der Waals surface area contributed by atoms with E-state index in [-0.39, 0.29) is 0 Å². The molecule has 52 heavy (non-hydrogen) atoms. The van der Waals surface area contributed by atoms with Gasteiger partial charge in [-0.2, -0.15) is 0 Å². The molecular formula is C46H76O4S2. The third kappa shape index (κ3) is 20.5. The Kier molecular flexibility index (Phi) is 27.9. The van der Waals surface area contributed by atoms with Crippen LogP contribution in [0.1, 0.15) is 193 Å². The summed E-state index contributed by atoms with van der Waals surface area (Å²) < 4.78 is 25.3. The smallest absolute Gasteiger partial charge is 0.161 e. The van der Waals surface area contributed by atoms with Crippen molar-refractivity contribution in [2.45, 2.75) is 182 Å². The second-order valence-electron chi connectivity index (χ2n) is 14.5. The lowest BCUT2D eigenvalue weighted by atomic mass is 10.1. The molecule has 0 saturated carbocycles. The summed E-state index contributed by atoms with van der Waals surface area (Å²) in [4.78, 5) is 1.58. The second kappa shape index (κ2) is 31.4. The Morgan fingerprint density at radius 1 is 0.346 bits per heavy atom. The van der Waals surface area contributed by atoms with E-state index >= 15 is 0 Å². The van der Waals surface area contributed by atoms with Gasteiger partial charge < -0.3 is 18.9 Å². The molecule has 6 heteroatoms. The molecule has 0 aliphatic carbocycles. The van der Waals surface area contributed by atoms with Crippen LogP contribution in [0, 0.1) is 0 Å². The molecule has 0 saturated heterocycles. The maximum absolute atomic E-state index is 6.38. The third-order valence-corrected chi connectivity index (χ3v) is 10.8. The van der Waals surface area contributed by atoms with Crippen LogP contribution >= 0.6 is 25.3 Å². The maximum atomic E-state index is 6.38. The molecular weight excluding hydrogens is 681 g/mol. The number of hydrogen-bond donors (Lipinski definition) is 2. The number of benzene rings is 2. The average molecular weight is 757 g/mol. The number of thiol groups is 2. The summed E-state index contributed by atoms with van der Waals surface area (Å²) in [6.07, 6.45) is 29.6. The highest BCUT2D eigenvalue weighted by Gasteiger charge is 2.14. The molecule has 0 fully saturated rings. The van der Waals surface area contributed by atoms with E-state index in [9.17, 15) is 0 Å². The number of rotatable bonds is 34. The first-order valence-electron chi connectivity index (χ1n) is 21.5. The van der Waals surface area contributed by atoms with Gasteiger partial charge in [-0.1, -0.05) is 156 Å². The van der Waals surface area contributed by atoms with Crippen LogP contribution in [0.25, 0.3) is 9.81 Å². The summed E-state index contributed by atoms with van der Waals surface area (Å²) in [6.45, 7) is 11.8. The van der Waals surface area contributed by atoms with E-state index in [0.717, 1.165) is 69.6 Å². The van der Waals surface area contributed by atoms with Crippen LogP contribution in [0.15, 0.2) is 36.4 Å². The van der Waals surface area contributed by atoms with Crippen molar-refractivity contribution in [1.82, 2.24) is 0 Å². The Bertz CT molecular complexity index is 1110. The van der Waals surface area contributed by atoms with Gasteiger partial charge in [0.05, 0.1) is 26.4 Å². The number of ether oxygens (including phenoxy) is 4. The lowest BCUT2D eigenvalue weighted by Gasteiger charge is -2.17. The molecule has 4 nitrogen and oxygen atoms in total. The van der Waals surface area contributed by atoms with Gasteiger partial charge in [-0.05, 0) is 73.2 Å². The molecule has 0 unspecified atom stereocenters. The largest absolute Gasteiger partial charge is 0.490 e. The second-order valence-corrected chi connectivity index (χ2v) is 15.4. The molecule has 0 heterocycles. The fraction of sp³-hybridized carbons (Fsp3) is 0.696. The highest BCUT2D eigenvalue weighted by molar-refractivity contribution is 7.96. The van der Waals surface area contributed by atoms with E-state index in [0.29, 0.717) is 26.4 Å². The van der Waals surface area contributed by atoms with E-state index < -0.39 is 0 Å². The third-order valence-electron chi connectivity index (χ3n) is 9.68. The highest BCUT2D eigenvalue weighted by atomic mass is 32.1. The van der Waals surface area contributed by atoms with Gasteiger partial charge in [-0.15, -0.1) is 25.3 Å². The fourth-order valence-electron chi connectivity index (χ4n) is 6.31. The molecule has 0 aromatic heterocycles. The van der Waals surface area contributed by atoms with Crippen molar-refractivity contribution in [2.75, 3.05) is 26.4 Å². The lowest BCUT2D eigenvalue weighted by molar-refractivity contribution is 0.258.